The van der Waals surface area contributed by atoms with Gasteiger partial charge in [0.2, 0.25) is 11.7 Å². The molecule has 0 aliphatic carbocycles. The van der Waals surface area contributed by atoms with Crippen molar-refractivity contribution in [1.29, 1.82) is 0 Å². The number of aromatic nitrogens is 4. The minimum absolute atomic E-state index is 0.0755. The van der Waals surface area contributed by atoms with E-state index in [2.05, 4.69) is 53.0 Å². The van der Waals surface area contributed by atoms with E-state index in [0.717, 1.165) is 24.9 Å². The molecule has 3 heterocycles. The summed E-state index contributed by atoms with van der Waals surface area (Å²) in [6.07, 6.45) is 7.48. The standard InChI is InChI=1S/C23H27N5O2/c1-23(2,3)18-8-6-17(7-9-18)22(29)28-12-4-5-16(15-28)13-20-26-21(27-30-20)19-14-24-10-11-25-19/h6-11,14,16H,4-5,12-13,15H2,1-3H3. The van der Waals surface area contributed by atoms with Crippen LogP contribution in [0, 0.1) is 5.92 Å². The van der Waals surface area contributed by atoms with Crippen LogP contribution in [0.3, 0.4) is 0 Å². The molecule has 0 bridgehead atoms. The zero-order valence-corrected chi connectivity index (χ0v) is 17.7. The highest BCUT2D eigenvalue weighted by Gasteiger charge is 2.26. The van der Waals surface area contributed by atoms with Crippen molar-refractivity contribution >= 4 is 5.91 Å². The lowest BCUT2D eigenvalue weighted by Gasteiger charge is -2.32. The summed E-state index contributed by atoms with van der Waals surface area (Å²) >= 11 is 0. The van der Waals surface area contributed by atoms with E-state index in [4.69, 9.17) is 4.52 Å². The Labute approximate surface area is 176 Å². The van der Waals surface area contributed by atoms with Gasteiger partial charge in [0.25, 0.3) is 5.91 Å². The molecule has 1 aromatic carbocycles. The Kier molecular flexibility index (Phi) is 5.61. The third-order valence-electron chi connectivity index (χ3n) is 5.53. The maximum absolute atomic E-state index is 13.0. The van der Waals surface area contributed by atoms with Gasteiger partial charge in [-0.3, -0.25) is 9.78 Å². The highest BCUT2D eigenvalue weighted by atomic mass is 16.5. The Balaban J connectivity index is 1.40. The van der Waals surface area contributed by atoms with Crippen molar-refractivity contribution in [2.24, 2.45) is 5.92 Å². The zero-order chi connectivity index (χ0) is 21.1. The van der Waals surface area contributed by atoms with Gasteiger partial charge in [-0.1, -0.05) is 38.1 Å². The Bertz CT molecular complexity index is 992. The van der Waals surface area contributed by atoms with E-state index in [1.807, 2.05) is 17.0 Å². The van der Waals surface area contributed by atoms with Gasteiger partial charge in [0.1, 0.15) is 5.69 Å². The summed E-state index contributed by atoms with van der Waals surface area (Å²) in [5.74, 6) is 1.41. The number of benzene rings is 1. The number of carbonyl (C=O) groups is 1. The smallest absolute Gasteiger partial charge is 0.253 e. The number of rotatable bonds is 4. The number of amides is 1. The van der Waals surface area contributed by atoms with Crippen LogP contribution in [0.1, 0.15) is 55.4 Å². The van der Waals surface area contributed by atoms with E-state index < -0.39 is 0 Å². The van der Waals surface area contributed by atoms with Crippen molar-refractivity contribution in [2.75, 3.05) is 13.1 Å². The number of piperidine rings is 1. The Morgan fingerprint density at radius 3 is 2.70 bits per heavy atom. The third kappa shape index (κ3) is 4.56. The molecular weight excluding hydrogens is 378 g/mol. The van der Waals surface area contributed by atoms with Crippen LogP contribution in [0.2, 0.25) is 0 Å². The highest BCUT2D eigenvalue weighted by molar-refractivity contribution is 5.94. The first-order chi connectivity index (χ1) is 14.4. The normalized spacial score (nSPS) is 17.2. The van der Waals surface area contributed by atoms with Crippen molar-refractivity contribution in [3.63, 3.8) is 0 Å². The second-order valence-electron chi connectivity index (χ2n) is 8.89. The van der Waals surface area contributed by atoms with Gasteiger partial charge >= 0.3 is 0 Å². The van der Waals surface area contributed by atoms with Crippen molar-refractivity contribution in [3.8, 4) is 11.5 Å². The van der Waals surface area contributed by atoms with Crippen LogP contribution < -0.4 is 0 Å². The monoisotopic (exact) mass is 405 g/mol. The maximum Gasteiger partial charge on any atom is 0.253 e. The van der Waals surface area contributed by atoms with E-state index in [9.17, 15) is 4.79 Å². The predicted molar refractivity (Wildman–Crippen MR) is 113 cm³/mol. The SMILES string of the molecule is CC(C)(C)c1ccc(C(=O)N2CCCC(Cc3nc(-c4cnccn4)no3)C2)cc1. The second-order valence-corrected chi connectivity index (χ2v) is 8.89. The summed E-state index contributed by atoms with van der Waals surface area (Å²) in [5, 5.41) is 4.01. The minimum Gasteiger partial charge on any atom is -0.339 e. The zero-order valence-electron chi connectivity index (χ0n) is 17.7. The molecule has 1 amide bonds. The lowest BCUT2D eigenvalue weighted by atomic mass is 9.86. The second kappa shape index (κ2) is 8.34. The van der Waals surface area contributed by atoms with Crippen LogP contribution in [0.4, 0.5) is 0 Å². The molecule has 1 unspecified atom stereocenters. The molecule has 1 fully saturated rings. The molecule has 7 nitrogen and oxygen atoms in total. The molecule has 0 N–H and O–H groups in total. The fraction of sp³-hybridized carbons (Fsp3) is 0.435. The van der Waals surface area contributed by atoms with Gasteiger partial charge in [0.05, 0.1) is 6.20 Å². The van der Waals surface area contributed by atoms with Crippen LogP contribution in [0.25, 0.3) is 11.5 Å². The number of likely N-dealkylation sites (tertiary alicyclic amines) is 1. The largest absolute Gasteiger partial charge is 0.339 e. The first kappa shape index (κ1) is 20.2. The lowest BCUT2D eigenvalue weighted by molar-refractivity contribution is 0.0668. The third-order valence-corrected chi connectivity index (χ3v) is 5.53. The fourth-order valence-corrected chi connectivity index (χ4v) is 3.81. The van der Waals surface area contributed by atoms with Crippen LogP contribution in [0.5, 0.6) is 0 Å². The molecule has 0 spiro atoms. The summed E-state index contributed by atoms with van der Waals surface area (Å²) in [5.41, 5.74) is 2.63. The molecule has 7 heteroatoms. The molecule has 1 aliphatic rings. The summed E-state index contributed by atoms with van der Waals surface area (Å²) in [7, 11) is 0. The average molecular weight is 406 g/mol. The van der Waals surface area contributed by atoms with Crippen molar-refractivity contribution < 1.29 is 9.32 Å². The number of hydrogen-bond acceptors (Lipinski definition) is 6. The van der Waals surface area contributed by atoms with Crippen LogP contribution >= 0.6 is 0 Å². The highest BCUT2D eigenvalue weighted by Crippen LogP contribution is 2.25. The van der Waals surface area contributed by atoms with Gasteiger partial charge in [-0.25, -0.2) is 4.98 Å². The van der Waals surface area contributed by atoms with Crippen LogP contribution in [-0.4, -0.2) is 44.0 Å². The van der Waals surface area contributed by atoms with E-state index in [-0.39, 0.29) is 11.3 Å². The Morgan fingerprint density at radius 1 is 1.20 bits per heavy atom. The molecule has 156 valence electrons. The first-order valence-corrected chi connectivity index (χ1v) is 10.4. The van der Waals surface area contributed by atoms with Crippen molar-refractivity contribution in [1.82, 2.24) is 25.0 Å². The molecule has 2 aromatic heterocycles. The summed E-state index contributed by atoms with van der Waals surface area (Å²) in [6, 6.07) is 8.00. The molecule has 1 saturated heterocycles. The van der Waals surface area contributed by atoms with Gasteiger partial charge in [-0.05, 0) is 41.9 Å². The first-order valence-electron chi connectivity index (χ1n) is 10.4. The molecule has 30 heavy (non-hydrogen) atoms. The van der Waals surface area contributed by atoms with Crippen LogP contribution in [0.15, 0.2) is 47.4 Å². The van der Waals surface area contributed by atoms with E-state index >= 15 is 0 Å². The number of hydrogen-bond donors (Lipinski definition) is 0. The number of carbonyl (C=O) groups excluding carboxylic acids is 1. The van der Waals surface area contributed by atoms with E-state index in [1.165, 1.54) is 5.56 Å². The topological polar surface area (TPSA) is 85.0 Å². The quantitative estimate of drug-likeness (QED) is 0.654. The maximum atomic E-state index is 13.0. The van der Waals surface area contributed by atoms with Crippen molar-refractivity contribution in [3.05, 3.63) is 59.9 Å². The summed E-state index contributed by atoms with van der Waals surface area (Å²) in [4.78, 5) is 27.6. The molecular formula is C23H27N5O2. The van der Waals surface area contributed by atoms with Gasteiger partial charge in [-0.2, -0.15) is 4.98 Å². The molecule has 1 aliphatic heterocycles. The Hall–Kier alpha value is -3.09. The molecule has 4 rings (SSSR count). The van der Waals surface area contributed by atoms with E-state index in [1.54, 1.807) is 18.6 Å². The lowest BCUT2D eigenvalue weighted by Crippen LogP contribution is -2.40. The van der Waals surface area contributed by atoms with Gasteiger partial charge in [0, 0.05) is 37.5 Å². The predicted octanol–water partition coefficient (Wildman–Crippen LogP) is 3.92. The van der Waals surface area contributed by atoms with Crippen molar-refractivity contribution in [2.45, 2.75) is 45.4 Å². The molecule has 0 radical (unpaired) electrons. The van der Waals surface area contributed by atoms with Crippen LogP contribution in [-0.2, 0) is 11.8 Å². The molecule has 3 aromatic rings. The van der Waals surface area contributed by atoms with Gasteiger partial charge in [-0.15, -0.1) is 0 Å². The van der Waals surface area contributed by atoms with Gasteiger partial charge in [0.15, 0.2) is 0 Å². The average Bonchev–Trinajstić information content (AvgIpc) is 3.22. The fourth-order valence-electron chi connectivity index (χ4n) is 3.81. The molecule has 1 atom stereocenters. The van der Waals surface area contributed by atoms with E-state index in [0.29, 0.717) is 36.3 Å². The Morgan fingerprint density at radius 2 is 2.00 bits per heavy atom. The summed E-state index contributed by atoms with van der Waals surface area (Å²) in [6.45, 7) is 8.00. The summed E-state index contributed by atoms with van der Waals surface area (Å²) < 4.78 is 5.41. The molecule has 0 saturated carbocycles. The minimum atomic E-state index is 0.0755. The van der Waals surface area contributed by atoms with Gasteiger partial charge < -0.3 is 9.42 Å². The number of nitrogens with zero attached hydrogens (tertiary/aromatic N) is 5.